The van der Waals surface area contributed by atoms with Crippen molar-refractivity contribution in [2.24, 2.45) is 0 Å². The van der Waals surface area contributed by atoms with Crippen LogP contribution in [0.2, 0.25) is 0 Å². The standard InChI is InChI=1S/C16H24N2O5S2/c1-3-7-17-16(19)13(6-10-24-2)18-25(20,21)12-4-5-14-15(11-12)23-9-8-22-14/h4-5,11,13,18H,3,6-10H2,1-2H3,(H,17,19). The molecular weight excluding hydrogens is 364 g/mol. The molecule has 0 aliphatic carbocycles. The molecule has 1 atom stereocenters. The Hall–Kier alpha value is -1.45. The van der Waals surface area contributed by atoms with Crippen LogP contribution in [0.25, 0.3) is 0 Å². The molecule has 1 aliphatic rings. The minimum Gasteiger partial charge on any atom is -0.486 e. The lowest BCUT2D eigenvalue weighted by molar-refractivity contribution is -0.122. The van der Waals surface area contributed by atoms with Crippen LogP contribution >= 0.6 is 11.8 Å². The zero-order chi connectivity index (χ0) is 18.3. The van der Waals surface area contributed by atoms with E-state index in [9.17, 15) is 13.2 Å². The molecule has 0 radical (unpaired) electrons. The number of hydrogen-bond acceptors (Lipinski definition) is 6. The lowest BCUT2D eigenvalue weighted by Gasteiger charge is -2.20. The third-order valence-corrected chi connectivity index (χ3v) is 5.71. The summed E-state index contributed by atoms with van der Waals surface area (Å²) in [6.07, 6.45) is 3.12. The molecule has 2 rings (SSSR count). The highest BCUT2D eigenvalue weighted by Crippen LogP contribution is 2.32. The lowest BCUT2D eigenvalue weighted by Crippen LogP contribution is -2.47. The van der Waals surface area contributed by atoms with Gasteiger partial charge in [0, 0.05) is 12.6 Å². The van der Waals surface area contributed by atoms with Crippen LogP contribution < -0.4 is 19.5 Å². The summed E-state index contributed by atoms with van der Waals surface area (Å²) in [7, 11) is -3.85. The molecule has 9 heteroatoms. The minimum absolute atomic E-state index is 0.0502. The van der Waals surface area contributed by atoms with E-state index in [1.807, 2.05) is 13.2 Å². The molecule has 0 saturated carbocycles. The number of carbonyl (C=O) groups is 1. The molecule has 2 N–H and O–H groups in total. The monoisotopic (exact) mass is 388 g/mol. The SMILES string of the molecule is CCCNC(=O)C(CCSC)NS(=O)(=O)c1ccc2c(c1)OCCO2. The quantitative estimate of drug-likeness (QED) is 0.664. The Kier molecular flexibility index (Phi) is 7.39. The van der Waals surface area contributed by atoms with Crippen LogP contribution in [-0.4, -0.2) is 52.1 Å². The number of fused-ring (bicyclic) bond motifs is 1. The predicted molar refractivity (Wildman–Crippen MR) is 97.8 cm³/mol. The Morgan fingerprint density at radius 1 is 1.28 bits per heavy atom. The van der Waals surface area contributed by atoms with E-state index in [1.165, 1.54) is 12.1 Å². The second kappa shape index (κ2) is 9.30. The van der Waals surface area contributed by atoms with Gasteiger partial charge in [0.1, 0.15) is 19.3 Å². The number of carbonyl (C=O) groups excluding carboxylic acids is 1. The van der Waals surface area contributed by atoms with Crippen molar-refractivity contribution >= 4 is 27.7 Å². The van der Waals surface area contributed by atoms with E-state index in [-0.39, 0.29) is 10.8 Å². The van der Waals surface area contributed by atoms with E-state index in [2.05, 4.69) is 10.0 Å². The summed E-state index contributed by atoms with van der Waals surface area (Å²) in [4.78, 5) is 12.3. The van der Waals surface area contributed by atoms with Gasteiger partial charge < -0.3 is 14.8 Å². The molecule has 0 spiro atoms. The number of sulfonamides is 1. The first-order chi connectivity index (χ1) is 12.0. The molecule has 0 saturated heterocycles. The van der Waals surface area contributed by atoms with Crippen LogP contribution in [0.5, 0.6) is 11.5 Å². The Labute approximate surface area is 152 Å². The summed E-state index contributed by atoms with van der Waals surface area (Å²) in [6, 6.07) is 3.63. The number of rotatable bonds is 9. The molecule has 1 aliphatic heterocycles. The van der Waals surface area contributed by atoms with Gasteiger partial charge in [-0.25, -0.2) is 8.42 Å². The molecule has 1 aromatic rings. The fourth-order valence-corrected chi connectivity index (χ4v) is 4.01. The third kappa shape index (κ3) is 5.52. The van der Waals surface area contributed by atoms with Crippen molar-refractivity contribution in [2.75, 3.05) is 31.8 Å². The summed E-state index contributed by atoms with van der Waals surface area (Å²) in [5, 5.41) is 2.75. The number of ether oxygens (including phenoxy) is 2. The molecule has 25 heavy (non-hydrogen) atoms. The van der Waals surface area contributed by atoms with Crippen molar-refractivity contribution in [3.05, 3.63) is 18.2 Å². The Morgan fingerprint density at radius 3 is 2.68 bits per heavy atom. The van der Waals surface area contributed by atoms with Crippen LogP contribution in [-0.2, 0) is 14.8 Å². The van der Waals surface area contributed by atoms with Crippen molar-refractivity contribution in [1.29, 1.82) is 0 Å². The van der Waals surface area contributed by atoms with Crippen LogP contribution in [0.15, 0.2) is 23.1 Å². The van der Waals surface area contributed by atoms with Crippen molar-refractivity contribution in [1.82, 2.24) is 10.0 Å². The van der Waals surface area contributed by atoms with Crippen LogP contribution in [0, 0.1) is 0 Å². The van der Waals surface area contributed by atoms with Gasteiger partial charge in [0.2, 0.25) is 15.9 Å². The maximum absolute atomic E-state index is 12.7. The zero-order valence-corrected chi connectivity index (χ0v) is 16.0. The molecule has 1 amide bonds. The minimum atomic E-state index is -3.85. The van der Waals surface area contributed by atoms with Gasteiger partial charge in [-0.3, -0.25) is 4.79 Å². The van der Waals surface area contributed by atoms with Crippen molar-refractivity contribution in [3.8, 4) is 11.5 Å². The average Bonchev–Trinajstić information content (AvgIpc) is 2.62. The fourth-order valence-electron chi connectivity index (χ4n) is 2.30. The molecule has 1 heterocycles. The first-order valence-electron chi connectivity index (χ1n) is 8.16. The molecule has 0 bridgehead atoms. The molecule has 7 nitrogen and oxygen atoms in total. The van der Waals surface area contributed by atoms with Gasteiger partial charge in [-0.05, 0) is 37.0 Å². The van der Waals surface area contributed by atoms with Crippen molar-refractivity contribution < 1.29 is 22.7 Å². The Bertz CT molecular complexity index is 694. The van der Waals surface area contributed by atoms with Gasteiger partial charge in [0.15, 0.2) is 11.5 Å². The van der Waals surface area contributed by atoms with Crippen molar-refractivity contribution in [3.63, 3.8) is 0 Å². The first kappa shape index (κ1) is 19.9. The normalized spacial score (nSPS) is 14.8. The van der Waals surface area contributed by atoms with E-state index >= 15 is 0 Å². The van der Waals surface area contributed by atoms with Gasteiger partial charge in [0.05, 0.1) is 4.90 Å². The second-order valence-corrected chi connectivity index (χ2v) is 8.25. The van der Waals surface area contributed by atoms with Gasteiger partial charge in [-0.15, -0.1) is 0 Å². The average molecular weight is 389 g/mol. The molecule has 1 unspecified atom stereocenters. The van der Waals surface area contributed by atoms with E-state index in [0.29, 0.717) is 43.4 Å². The summed E-state index contributed by atoms with van der Waals surface area (Å²) >= 11 is 1.56. The van der Waals surface area contributed by atoms with E-state index in [0.717, 1.165) is 6.42 Å². The second-order valence-electron chi connectivity index (χ2n) is 5.55. The van der Waals surface area contributed by atoms with Gasteiger partial charge in [-0.1, -0.05) is 6.92 Å². The largest absolute Gasteiger partial charge is 0.486 e. The maximum atomic E-state index is 12.7. The van der Waals surface area contributed by atoms with E-state index in [1.54, 1.807) is 17.8 Å². The molecule has 140 valence electrons. The summed E-state index contributed by atoms with van der Waals surface area (Å²) in [5.41, 5.74) is 0. The lowest BCUT2D eigenvalue weighted by atomic mass is 10.2. The van der Waals surface area contributed by atoms with E-state index < -0.39 is 16.1 Å². The Morgan fingerprint density at radius 2 is 2.00 bits per heavy atom. The number of nitrogens with one attached hydrogen (secondary N) is 2. The number of thioether (sulfide) groups is 1. The van der Waals surface area contributed by atoms with Gasteiger partial charge in [-0.2, -0.15) is 16.5 Å². The summed E-state index contributed by atoms with van der Waals surface area (Å²) in [5.74, 6) is 1.28. The molecular formula is C16H24N2O5S2. The Balaban J connectivity index is 2.16. The van der Waals surface area contributed by atoms with Crippen LogP contribution in [0.3, 0.4) is 0 Å². The first-order valence-corrected chi connectivity index (χ1v) is 11.0. The number of hydrogen-bond donors (Lipinski definition) is 2. The van der Waals surface area contributed by atoms with E-state index in [4.69, 9.17) is 9.47 Å². The highest BCUT2D eigenvalue weighted by molar-refractivity contribution is 7.98. The van der Waals surface area contributed by atoms with Crippen molar-refractivity contribution in [2.45, 2.75) is 30.7 Å². The molecule has 0 aromatic heterocycles. The highest BCUT2D eigenvalue weighted by atomic mass is 32.2. The highest BCUT2D eigenvalue weighted by Gasteiger charge is 2.26. The van der Waals surface area contributed by atoms with Gasteiger partial charge in [0.25, 0.3) is 0 Å². The molecule has 0 fully saturated rings. The van der Waals surface area contributed by atoms with Gasteiger partial charge >= 0.3 is 0 Å². The predicted octanol–water partition coefficient (Wildman–Crippen LogP) is 1.38. The van der Waals surface area contributed by atoms with Crippen LogP contribution in [0.4, 0.5) is 0 Å². The number of amides is 1. The smallest absolute Gasteiger partial charge is 0.241 e. The topological polar surface area (TPSA) is 93.7 Å². The number of benzene rings is 1. The zero-order valence-electron chi connectivity index (χ0n) is 14.4. The maximum Gasteiger partial charge on any atom is 0.241 e. The summed E-state index contributed by atoms with van der Waals surface area (Å²) < 4.78 is 38.7. The summed E-state index contributed by atoms with van der Waals surface area (Å²) in [6.45, 7) is 3.27. The molecule has 1 aromatic carbocycles. The van der Waals surface area contributed by atoms with Crippen LogP contribution in [0.1, 0.15) is 19.8 Å². The fraction of sp³-hybridized carbons (Fsp3) is 0.562. The third-order valence-electron chi connectivity index (χ3n) is 3.60.